The second-order valence-corrected chi connectivity index (χ2v) is 11.7. The van der Waals surface area contributed by atoms with E-state index in [9.17, 15) is 14.7 Å². The topological polar surface area (TPSA) is 91.3 Å². The van der Waals surface area contributed by atoms with E-state index in [1.807, 2.05) is 19.9 Å². The SMILES string of the molecule is CC[C@H]1CCCC[C@@H](C)C(=O)C2=CC3[C@@H]4C[C@H](OC(O)[C@H](COC)OC)CC4C[C@@H](F)[C@H]3[C@@H]2CC(=O)O1. The fraction of sp³-hybridized carbons (Fsp3) is 0.862. The average molecular weight is 525 g/mol. The van der Waals surface area contributed by atoms with Gasteiger partial charge in [0.1, 0.15) is 18.4 Å². The first-order valence-electron chi connectivity index (χ1n) is 14.2. The number of ketones is 1. The van der Waals surface area contributed by atoms with E-state index in [0.29, 0.717) is 24.8 Å². The van der Waals surface area contributed by atoms with Crippen LogP contribution in [0.25, 0.3) is 0 Å². The second kappa shape index (κ2) is 12.7. The third-order valence-electron chi connectivity index (χ3n) is 9.40. The standard InChI is InChI=1S/C29H45FO7/c1-5-18-9-7-6-8-16(2)28(32)23-13-21-20-12-19(37-29(33)25(35-4)15-34-3)10-17(20)11-24(30)27(21)22(23)14-26(31)36-18/h13,16-22,24-25,27,29,33H,5-12,14-15H2,1-4H3/t16-,17?,18+,19-,20-,21?,22-,24-,25+,27-,29?/m1/s1. The van der Waals surface area contributed by atoms with Crippen LogP contribution in [0.2, 0.25) is 0 Å². The number of alkyl halides is 1. The lowest BCUT2D eigenvalue weighted by Gasteiger charge is -2.40. The van der Waals surface area contributed by atoms with Gasteiger partial charge in [0.15, 0.2) is 12.1 Å². The highest BCUT2D eigenvalue weighted by Gasteiger charge is 2.55. The van der Waals surface area contributed by atoms with Crippen LogP contribution >= 0.6 is 0 Å². The lowest BCUT2D eigenvalue weighted by molar-refractivity contribution is -0.204. The minimum absolute atomic E-state index is 0.0605. The van der Waals surface area contributed by atoms with Gasteiger partial charge in [-0.2, -0.15) is 0 Å². The monoisotopic (exact) mass is 524 g/mol. The molecule has 1 N–H and O–H groups in total. The third-order valence-corrected chi connectivity index (χ3v) is 9.40. The Labute approximate surface area is 220 Å². The van der Waals surface area contributed by atoms with Gasteiger partial charge in [-0.3, -0.25) is 9.59 Å². The maximum absolute atomic E-state index is 15.9. The van der Waals surface area contributed by atoms with Crippen LogP contribution in [0, 0.1) is 35.5 Å². The Morgan fingerprint density at radius 2 is 1.92 bits per heavy atom. The number of Topliss-reactive ketones (excluding diaryl/α,β-unsaturated/α-hetero) is 1. The number of fused-ring (bicyclic) bond motifs is 5. The summed E-state index contributed by atoms with van der Waals surface area (Å²) >= 11 is 0. The summed E-state index contributed by atoms with van der Waals surface area (Å²) in [7, 11) is 3.04. The molecule has 210 valence electrons. The van der Waals surface area contributed by atoms with Crippen molar-refractivity contribution < 1.29 is 38.0 Å². The quantitative estimate of drug-likeness (QED) is 0.390. The van der Waals surface area contributed by atoms with Crippen LogP contribution in [0.5, 0.6) is 0 Å². The minimum atomic E-state index is -1.13. The van der Waals surface area contributed by atoms with Gasteiger partial charge in [-0.15, -0.1) is 0 Å². The molecule has 0 bridgehead atoms. The lowest BCUT2D eigenvalue weighted by Crippen LogP contribution is -2.40. The van der Waals surface area contributed by atoms with Gasteiger partial charge in [-0.05, 0) is 68.3 Å². The molecule has 8 heteroatoms. The maximum Gasteiger partial charge on any atom is 0.306 e. The highest BCUT2D eigenvalue weighted by molar-refractivity contribution is 5.98. The fourth-order valence-corrected chi connectivity index (χ4v) is 7.45. The Kier molecular flexibility index (Phi) is 9.81. The molecule has 1 heterocycles. The number of aliphatic hydroxyl groups is 1. The van der Waals surface area contributed by atoms with Crippen molar-refractivity contribution in [2.75, 3.05) is 20.8 Å². The Bertz CT molecular complexity index is 831. The number of hydrogen-bond acceptors (Lipinski definition) is 7. The Morgan fingerprint density at radius 1 is 1.16 bits per heavy atom. The molecule has 2 saturated carbocycles. The molecule has 4 aliphatic rings. The lowest BCUT2D eigenvalue weighted by atomic mass is 9.65. The van der Waals surface area contributed by atoms with E-state index in [1.54, 1.807) is 0 Å². The molecule has 1 aliphatic heterocycles. The molecule has 3 fully saturated rings. The zero-order valence-electron chi connectivity index (χ0n) is 22.8. The van der Waals surface area contributed by atoms with Crippen molar-refractivity contribution in [2.24, 2.45) is 35.5 Å². The molecule has 4 rings (SSSR count). The van der Waals surface area contributed by atoms with E-state index in [-0.39, 0.29) is 60.7 Å². The van der Waals surface area contributed by atoms with E-state index in [2.05, 4.69) is 0 Å². The molecule has 1 saturated heterocycles. The van der Waals surface area contributed by atoms with Crippen molar-refractivity contribution in [3.8, 4) is 0 Å². The number of cyclic esters (lactones) is 1. The predicted molar refractivity (Wildman–Crippen MR) is 135 cm³/mol. The van der Waals surface area contributed by atoms with Crippen molar-refractivity contribution in [1.82, 2.24) is 0 Å². The number of halogens is 1. The highest BCUT2D eigenvalue weighted by atomic mass is 19.1. The van der Waals surface area contributed by atoms with Crippen LogP contribution < -0.4 is 0 Å². The average Bonchev–Trinajstić information content (AvgIpc) is 3.44. The summed E-state index contributed by atoms with van der Waals surface area (Å²) in [6.07, 6.45) is 4.83. The second-order valence-electron chi connectivity index (χ2n) is 11.7. The summed E-state index contributed by atoms with van der Waals surface area (Å²) in [6.45, 7) is 4.19. The number of hydrogen-bond donors (Lipinski definition) is 1. The molecule has 0 aromatic heterocycles. The van der Waals surface area contributed by atoms with Crippen molar-refractivity contribution in [3.05, 3.63) is 11.6 Å². The molecule has 0 aromatic carbocycles. The molecule has 0 radical (unpaired) electrons. The molecule has 37 heavy (non-hydrogen) atoms. The molecule has 11 atom stereocenters. The first kappa shape index (κ1) is 28.7. The number of aliphatic hydroxyl groups excluding tert-OH is 1. The highest BCUT2D eigenvalue weighted by Crippen LogP contribution is 2.57. The first-order valence-corrected chi connectivity index (χ1v) is 14.2. The number of carbonyl (C=O) groups excluding carboxylic acids is 2. The van der Waals surface area contributed by atoms with Gasteiger partial charge >= 0.3 is 5.97 Å². The molecule has 0 spiro atoms. The summed E-state index contributed by atoms with van der Waals surface area (Å²) in [5, 5.41) is 10.5. The number of ether oxygens (including phenoxy) is 4. The summed E-state index contributed by atoms with van der Waals surface area (Å²) in [6, 6.07) is 0. The van der Waals surface area contributed by atoms with Crippen LogP contribution in [0.1, 0.15) is 71.6 Å². The van der Waals surface area contributed by atoms with Gasteiger partial charge in [-0.1, -0.05) is 26.3 Å². The fourth-order valence-electron chi connectivity index (χ4n) is 7.45. The molecule has 0 aromatic rings. The van der Waals surface area contributed by atoms with Gasteiger partial charge in [0.25, 0.3) is 0 Å². The van der Waals surface area contributed by atoms with Gasteiger partial charge in [0, 0.05) is 32.0 Å². The minimum Gasteiger partial charge on any atom is -0.462 e. The number of carbonyl (C=O) groups is 2. The molecule has 3 unspecified atom stereocenters. The first-order chi connectivity index (χ1) is 17.8. The number of esters is 1. The van der Waals surface area contributed by atoms with Crippen molar-refractivity contribution in [1.29, 1.82) is 0 Å². The van der Waals surface area contributed by atoms with Crippen LogP contribution in [0.4, 0.5) is 4.39 Å². The number of rotatable bonds is 7. The van der Waals surface area contributed by atoms with Gasteiger partial charge < -0.3 is 24.1 Å². The van der Waals surface area contributed by atoms with Gasteiger partial charge in [0.2, 0.25) is 0 Å². The summed E-state index contributed by atoms with van der Waals surface area (Å²) < 4.78 is 38.0. The maximum atomic E-state index is 15.9. The zero-order valence-corrected chi connectivity index (χ0v) is 22.8. The number of allylic oxidation sites excluding steroid dienone is 2. The molecular weight excluding hydrogens is 479 g/mol. The van der Waals surface area contributed by atoms with Crippen LogP contribution in [0.15, 0.2) is 11.6 Å². The van der Waals surface area contributed by atoms with Crippen molar-refractivity contribution in [3.63, 3.8) is 0 Å². The van der Waals surface area contributed by atoms with E-state index in [0.717, 1.165) is 32.1 Å². The Hall–Kier alpha value is -1.35. The largest absolute Gasteiger partial charge is 0.462 e. The predicted octanol–water partition coefficient (Wildman–Crippen LogP) is 4.40. The van der Waals surface area contributed by atoms with Crippen molar-refractivity contribution >= 4 is 11.8 Å². The molecule has 0 amide bonds. The smallest absolute Gasteiger partial charge is 0.306 e. The van der Waals surface area contributed by atoms with E-state index >= 15 is 4.39 Å². The molecule has 7 nitrogen and oxygen atoms in total. The zero-order chi connectivity index (χ0) is 26.7. The van der Waals surface area contributed by atoms with Gasteiger partial charge in [-0.25, -0.2) is 4.39 Å². The summed E-state index contributed by atoms with van der Waals surface area (Å²) in [4.78, 5) is 26.5. The van der Waals surface area contributed by atoms with E-state index in [1.165, 1.54) is 14.2 Å². The third kappa shape index (κ3) is 6.29. The van der Waals surface area contributed by atoms with Crippen molar-refractivity contribution in [2.45, 2.75) is 102 Å². The van der Waals surface area contributed by atoms with Crippen LogP contribution in [-0.4, -0.2) is 68.5 Å². The van der Waals surface area contributed by atoms with E-state index < -0.39 is 30.4 Å². The van der Waals surface area contributed by atoms with Gasteiger partial charge in [0.05, 0.1) is 19.1 Å². The normalized spacial score (nSPS) is 40.4. The summed E-state index contributed by atoms with van der Waals surface area (Å²) in [5.74, 6) is -1.09. The summed E-state index contributed by atoms with van der Waals surface area (Å²) in [5.41, 5.74) is 0.639. The number of methoxy groups -OCH3 is 2. The van der Waals surface area contributed by atoms with Crippen LogP contribution in [0.3, 0.4) is 0 Å². The Morgan fingerprint density at radius 3 is 2.62 bits per heavy atom. The molecular formula is C29H45FO7. The molecule has 3 aliphatic carbocycles. The Balaban J connectivity index is 1.54. The van der Waals surface area contributed by atoms with E-state index in [4.69, 9.17) is 18.9 Å². The van der Waals surface area contributed by atoms with Crippen LogP contribution in [-0.2, 0) is 28.5 Å².